The first-order chi connectivity index (χ1) is 5.70. The highest BCUT2D eigenvalue weighted by atomic mass is 15.0. The van der Waals surface area contributed by atoms with Crippen molar-refractivity contribution in [1.29, 1.82) is 0 Å². The lowest BCUT2D eigenvalue weighted by atomic mass is 10.0. The molecule has 0 unspecified atom stereocenters. The van der Waals surface area contributed by atoms with E-state index in [9.17, 15) is 0 Å². The summed E-state index contributed by atoms with van der Waals surface area (Å²) in [6, 6.07) is 0.543. The van der Waals surface area contributed by atoms with Crippen molar-refractivity contribution < 1.29 is 0 Å². The van der Waals surface area contributed by atoms with Crippen LogP contribution in [0.3, 0.4) is 0 Å². The maximum absolute atomic E-state index is 3.47. The zero-order valence-electron chi connectivity index (χ0n) is 8.35. The molecule has 1 heterocycles. The highest BCUT2D eigenvalue weighted by molar-refractivity contribution is 5.07. The van der Waals surface area contributed by atoms with Crippen molar-refractivity contribution in [3.05, 3.63) is 11.6 Å². The molecular formula is C10H20N2. The SMILES string of the molecule is C/C(=C/[C@@H]1CNCCN1)C(C)C. The average Bonchev–Trinajstić information content (AvgIpc) is 2.06. The van der Waals surface area contributed by atoms with Gasteiger partial charge in [-0.1, -0.05) is 25.5 Å². The van der Waals surface area contributed by atoms with Gasteiger partial charge < -0.3 is 10.6 Å². The number of rotatable bonds is 2. The first kappa shape index (κ1) is 9.75. The summed E-state index contributed by atoms with van der Waals surface area (Å²) in [6.45, 7) is 9.95. The van der Waals surface area contributed by atoms with Gasteiger partial charge in [-0.25, -0.2) is 0 Å². The molecule has 0 aliphatic carbocycles. The molecule has 2 heteroatoms. The van der Waals surface area contributed by atoms with E-state index < -0.39 is 0 Å². The van der Waals surface area contributed by atoms with E-state index in [0.717, 1.165) is 19.6 Å². The van der Waals surface area contributed by atoms with Gasteiger partial charge in [0.2, 0.25) is 0 Å². The normalized spacial score (nSPS) is 26.3. The van der Waals surface area contributed by atoms with Gasteiger partial charge in [-0.05, 0) is 12.8 Å². The van der Waals surface area contributed by atoms with E-state index in [0.29, 0.717) is 12.0 Å². The Morgan fingerprint density at radius 2 is 2.17 bits per heavy atom. The lowest BCUT2D eigenvalue weighted by molar-refractivity contribution is 0.467. The second-order valence-electron chi connectivity index (χ2n) is 3.83. The molecule has 0 aromatic rings. The fraction of sp³-hybridized carbons (Fsp3) is 0.800. The minimum Gasteiger partial charge on any atom is -0.314 e. The number of nitrogens with one attached hydrogen (secondary N) is 2. The van der Waals surface area contributed by atoms with Crippen LogP contribution in [0, 0.1) is 5.92 Å². The van der Waals surface area contributed by atoms with Crippen molar-refractivity contribution in [2.75, 3.05) is 19.6 Å². The van der Waals surface area contributed by atoms with Crippen LogP contribution in [-0.4, -0.2) is 25.7 Å². The van der Waals surface area contributed by atoms with Crippen LogP contribution < -0.4 is 10.6 Å². The topological polar surface area (TPSA) is 24.1 Å². The summed E-state index contributed by atoms with van der Waals surface area (Å²) >= 11 is 0. The Morgan fingerprint density at radius 3 is 2.67 bits per heavy atom. The minimum atomic E-state index is 0.543. The van der Waals surface area contributed by atoms with Crippen molar-refractivity contribution in [2.45, 2.75) is 26.8 Å². The molecule has 0 saturated carbocycles. The fourth-order valence-electron chi connectivity index (χ4n) is 1.30. The summed E-state index contributed by atoms with van der Waals surface area (Å²) in [7, 11) is 0. The number of piperazine rings is 1. The monoisotopic (exact) mass is 168 g/mol. The summed E-state index contributed by atoms with van der Waals surface area (Å²) in [4.78, 5) is 0. The molecule has 0 amide bonds. The maximum atomic E-state index is 3.47. The van der Waals surface area contributed by atoms with Gasteiger partial charge in [0.1, 0.15) is 0 Å². The quantitative estimate of drug-likeness (QED) is 0.604. The van der Waals surface area contributed by atoms with E-state index in [2.05, 4.69) is 37.5 Å². The Bertz CT molecular complexity index is 155. The molecule has 1 aliphatic rings. The second-order valence-corrected chi connectivity index (χ2v) is 3.83. The first-order valence-corrected chi connectivity index (χ1v) is 4.82. The van der Waals surface area contributed by atoms with Crippen molar-refractivity contribution in [3.8, 4) is 0 Å². The van der Waals surface area contributed by atoms with Crippen molar-refractivity contribution >= 4 is 0 Å². The smallest absolute Gasteiger partial charge is 0.0379 e. The molecule has 0 radical (unpaired) electrons. The Morgan fingerprint density at radius 1 is 1.42 bits per heavy atom. The van der Waals surface area contributed by atoms with Crippen LogP contribution in [0.2, 0.25) is 0 Å². The van der Waals surface area contributed by atoms with Gasteiger partial charge in [0.15, 0.2) is 0 Å². The molecule has 0 aromatic heterocycles. The van der Waals surface area contributed by atoms with E-state index in [1.807, 2.05) is 0 Å². The molecule has 1 rings (SSSR count). The molecule has 1 atom stereocenters. The predicted octanol–water partition coefficient (Wildman–Crippen LogP) is 1.15. The largest absolute Gasteiger partial charge is 0.314 e. The van der Waals surface area contributed by atoms with Gasteiger partial charge in [-0.15, -0.1) is 0 Å². The molecule has 2 N–H and O–H groups in total. The van der Waals surface area contributed by atoms with E-state index in [1.54, 1.807) is 0 Å². The van der Waals surface area contributed by atoms with Crippen molar-refractivity contribution in [1.82, 2.24) is 10.6 Å². The van der Waals surface area contributed by atoms with Crippen LogP contribution in [-0.2, 0) is 0 Å². The van der Waals surface area contributed by atoms with E-state index in [1.165, 1.54) is 5.57 Å². The molecule has 0 bridgehead atoms. The van der Waals surface area contributed by atoms with Gasteiger partial charge in [0.05, 0.1) is 0 Å². The molecule has 0 aromatic carbocycles. The van der Waals surface area contributed by atoms with Crippen LogP contribution in [0.25, 0.3) is 0 Å². The average molecular weight is 168 g/mol. The highest BCUT2D eigenvalue weighted by Crippen LogP contribution is 2.08. The van der Waals surface area contributed by atoms with Gasteiger partial charge in [0, 0.05) is 25.7 Å². The summed E-state index contributed by atoms with van der Waals surface area (Å²) < 4.78 is 0. The van der Waals surface area contributed by atoms with Crippen molar-refractivity contribution in [2.24, 2.45) is 5.92 Å². The van der Waals surface area contributed by atoms with Crippen LogP contribution in [0.4, 0.5) is 0 Å². The fourth-order valence-corrected chi connectivity index (χ4v) is 1.30. The molecule has 1 saturated heterocycles. The van der Waals surface area contributed by atoms with Gasteiger partial charge in [-0.3, -0.25) is 0 Å². The van der Waals surface area contributed by atoms with E-state index >= 15 is 0 Å². The zero-order valence-corrected chi connectivity index (χ0v) is 8.35. The van der Waals surface area contributed by atoms with Crippen molar-refractivity contribution in [3.63, 3.8) is 0 Å². The minimum absolute atomic E-state index is 0.543. The molecule has 0 spiro atoms. The second kappa shape index (κ2) is 4.63. The Balaban J connectivity index is 2.41. The van der Waals surface area contributed by atoms with Gasteiger partial charge in [0.25, 0.3) is 0 Å². The zero-order chi connectivity index (χ0) is 8.97. The Hall–Kier alpha value is -0.340. The van der Waals surface area contributed by atoms with E-state index in [-0.39, 0.29) is 0 Å². The van der Waals surface area contributed by atoms with Gasteiger partial charge >= 0.3 is 0 Å². The van der Waals surface area contributed by atoms with E-state index in [4.69, 9.17) is 0 Å². The molecular weight excluding hydrogens is 148 g/mol. The first-order valence-electron chi connectivity index (χ1n) is 4.82. The lowest BCUT2D eigenvalue weighted by Gasteiger charge is -2.23. The van der Waals surface area contributed by atoms with Crippen LogP contribution in [0.1, 0.15) is 20.8 Å². The van der Waals surface area contributed by atoms with Gasteiger partial charge in [-0.2, -0.15) is 0 Å². The molecule has 70 valence electrons. The van der Waals surface area contributed by atoms with Crippen LogP contribution in [0.5, 0.6) is 0 Å². The summed E-state index contributed by atoms with van der Waals surface area (Å²) in [5.74, 6) is 0.675. The third-order valence-corrected chi connectivity index (χ3v) is 2.45. The Kier molecular flexibility index (Phi) is 3.76. The van der Waals surface area contributed by atoms with Crippen LogP contribution in [0.15, 0.2) is 11.6 Å². The number of allylic oxidation sites excluding steroid dienone is 1. The van der Waals surface area contributed by atoms with Crippen LogP contribution >= 0.6 is 0 Å². The summed E-state index contributed by atoms with van der Waals surface area (Å²) in [5, 5.41) is 6.84. The third-order valence-electron chi connectivity index (χ3n) is 2.45. The molecule has 12 heavy (non-hydrogen) atoms. The molecule has 1 aliphatic heterocycles. The highest BCUT2D eigenvalue weighted by Gasteiger charge is 2.09. The number of hydrogen-bond acceptors (Lipinski definition) is 2. The summed E-state index contributed by atoms with van der Waals surface area (Å²) in [6.07, 6.45) is 2.34. The predicted molar refractivity (Wildman–Crippen MR) is 53.3 cm³/mol. The number of hydrogen-bond donors (Lipinski definition) is 2. The standard InChI is InChI=1S/C10H20N2/c1-8(2)9(3)6-10-7-11-4-5-12-10/h6,8,10-12H,4-5,7H2,1-3H3/b9-6-/t10-/m1/s1. The Labute approximate surface area is 75.4 Å². The third kappa shape index (κ3) is 2.95. The maximum Gasteiger partial charge on any atom is 0.0379 e. The molecule has 2 nitrogen and oxygen atoms in total. The molecule has 1 fully saturated rings. The summed E-state index contributed by atoms with van der Waals surface area (Å²) in [5.41, 5.74) is 1.48. The lowest BCUT2D eigenvalue weighted by Crippen LogP contribution is -2.47.